The summed E-state index contributed by atoms with van der Waals surface area (Å²) in [6.07, 6.45) is 4.35. The van der Waals surface area contributed by atoms with Gasteiger partial charge in [-0.2, -0.15) is 0 Å². The summed E-state index contributed by atoms with van der Waals surface area (Å²) in [6.45, 7) is 3.40. The van der Waals surface area contributed by atoms with E-state index in [4.69, 9.17) is 0 Å². The lowest BCUT2D eigenvalue weighted by molar-refractivity contribution is -0.00908. The van der Waals surface area contributed by atoms with Crippen molar-refractivity contribution in [1.82, 2.24) is 10.3 Å². The first-order valence-corrected chi connectivity index (χ1v) is 4.52. The van der Waals surface area contributed by atoms with Gasteiger partial charge in [0.1, 0.15) is 0 Å². The molecule has 0 saturated carbocycles. The summed E-state index contributed by atoms with van der Waals surface area (Å²) in [7, 11) is 0. The van der Waals surface area contributed by atoms with Gasteiger partial charge in [0.25, 0.3) is 0 Å². The molecule has 1 aromatic heterocycles. The topological polar surface area (TPSA) is 45.2 Å². The van der Waals surface area contributed by atoms with E-state index in [-0.39, 0.29) is 0 Å². The zero-order chi connectivity index (χ0) is 9.31. The molecule has 0 amide bonds. The minimum Gasteiger partial charge on any atom is -0.387 e. The Balaban J connectivity index is 2.09. The van der Waals surface area contributed by atoms with Crippen LogP contribution in [0.4, 0.5) is 0 Å². The molecule has 0 aromatic carbocycles. The molecule has 70 valence electrons. The van der Waals surface area contributed by atoms with Gasteiger partial charge in [0.15, 0.2) is 0 Å². The van der Waals surface area contributed by atoms with Crippen molar-refractivity contribution in [1.29, 1.82) is 0 Å². The van der Waals surface area contributed by atoms with Gasteiger partial charge in [0, 0.05) is 31.9 Å². The maximum Gasteiger partial charge on any atom is 0.0935 e. The van der Waals surface area contributed by atoms with Crippen molar-refractivity contribution in [3.8, 4) is 0 Å². The maximum atomic E-state index is 9.86. The maximum absolute atomic E-state index is 9.86. The van der Waals surface area contributed by atoms with E-state index in [1.54, 1.807) is 0 Å². The molecule has 0 unspecified atom stereocenters. The molecule has 1 aliphatic rings. The Hall–Kier alpha value is -0.930. The Morgan fingerprint density at radius 3 is 2.85 bits per heavy atom. The molecule has 0 bridgehead atoms. The number of nitrogens with one attached hydrogen (secondary N) is 1. The highest BCUT2D eigenvalue weighted by atomic mass is 16.3. The number of rotatable bonds is 2. The van der Waals surface area contributed by atoms with Crippen molar-refractivity contribution in [2.24, 2.45) is 0 Å². The second kappa shape index (κ2) is 3.09. The lowest BCUT2D eigenvalue weighted by Gasteiger charge is -2.37. The molecule has 0 spiro atoms. The molecule has 1 aromatic rings. The Labute approximate surface area is 77.8 Å². The van der Waals surface area contributed by atoms with E-state index < -0.39 is 5.60 Å². The first-order valence-electron chi connectivity index (χ1n) is 4.52. The van der Waals surface area contributed by atoms with Crippen LogP contribution >= 0.6 is 0 Å². The highest BCUT2D eigenvalue weighted by molar-refractivity contribution is 5.19. The molecule has 13 heavy (non-hydrogen) atoms. The zero-order valence-electron chi connectivity index (χ0n) is 7.75. The molecule has 0 radical (unpaired) electrons. The molecule has 0 atom stereocenters. The third-order valence-corrected chi connectivity index (χ3v) is 2.37. The average molecular weight is 178 g/mol. The third kappa shape index (κ3) is 1.87. The molecular formula is C10H14N2O. The lowest BCUT2D eigenvalue weighted by atomic mass is 9.89. The van der Waals surface area contributed by atoms with Crippen LogP contribution in [0.2, 0.25) is 0 Å². The van der Waals surface area contributed by atoms with E-state index in [2.05, 4.69) is 16.4 Å². The standard InChI is InChI=1S/C10H14N2O/c1-8-2-9(5-11-4-8)3-10(13)6-12-7-10/h2,4-5,12-13H,3,6-7H2,1H3. The first kappa shape index (κ1) is 8.66. The summed E-state index contributed by atoms with van der Waals surface area (Å²) in [5.74, 6) is 0. The summed E-state index contributed by atoms with van der Waals surface area (Å²) < 4.78 is 0. The van der Waals surface area contributed by atoms with E-state index in [0.717, 1.165) is 11.1 Å². The van der Waals surface area contributed by atoms with Gasteiger partial charge in [-0.1, -0.05) is 6.07 Å². The predicted octanol–water partition coefficient (Wildman–Crippen LogP) is 0.267. The molecule has 3 heteroatoms. The number of nitrogens with zero attached hydrogens (tertiary/aromatic N) is 1. The van der Waals surface area contributed by atoms with Crippen molar-refractivity contribution in [3.63, 3.8) is 0 Å². The number of aliphatic hydroxyl groups is 1. The normalized spacial score (nSPS) is 19.5. The van der Waals surface area contributed by atoms with Gasteiger partial charge < -0.3 is 10.4 Å². The molecule has 0 aliphatic carbocycles. The number of hydrogen-bond donors (Lipinski definition) is 2. The highest BCUT2D eigenvalue weighted by Crippen LogP contribution is 2.17. The van der Waals surface area contributed by atoms with Crippen LogP contribution in [0.25, 0.3) is 0 Å². The molecule has 1 saturated heterocycles. The predicted molar refractivity (Wildman–Crippen MR) is 50.5 cm³/mol. The summed E-state index contributed by atoms with van der Waals surface area (Å²) in [6, 6.07) is 2.07. The molecule has 1 fully saturated rings. The van der Waals surface area contributed by atoms with Crippen LogP contribution in [0.5, 0.6) is 0 Å². The minimum atomic E-state index is -0.532. The Kier molecular flexibility index (Phi) is 2.06. The third-order valence-electron chi connectivity index (χ3n) is 2.37. The van der Waals surface area contributed by atoms with Crippen LogP contribution in [0.1, 0.15) is 11.1 Å². The smallest absolute Gasteiger partial charge is 0.0935 e. The summed E-state index contributed by atoms with van der Waals surface area (Å²) in [5, 5.41) is 12.9. The molecular weight excluding hydrogens is 164 g/mol. The van der Waals surface area contributed by atoms with Crippen molar-refractivity contribution < 1.29 is 5.11 Å². The molecule has 2 rings (SSSR count). The molecule has 2 heterocycles. The van der Waals surface area contributed by atoms with Crippen molar-refractivity contribution >= 4 is 0 Å². The number of β-amino-alcohol motifs (C(OH)–C–C–N with tert-alkyl or cyclic N) is 1. The molecule has 2 N–H and O–H groups in total. The largest absolute Gasteiger partial charge is 0.387 e. The summed E-state index contributed by atoms with van der Waals surface area (Å²) >= 11 is 0. The molecule has 3 nitrogen and oxygen atoms in total. The van der Waals surface area contributed by atoms with Crippen molar-refractivity contribution in [2.75, 3.05) is 13.1 Å². The van der Waals surface area contributed by atoms with Crippen LogP contribution in [0.3, 0.4) is 0 Å². The summed E-state index contributed by atoms with van der Waals surface area (Å²) in [5.41, 5.74) is 1.73. The van der Waals surface area contributed by atoms with Gasteiger partial charge in [-0.3, -0.25) is 4.98 Å². The minimum absolute atomic E-state index is 0.532. The van der Waals surface area contributed by atoms with E-state index in [1.807, 2.05) is 19.3 Å². The van der Waals surface area contributed by atoms with Crippen LogP contribution in [-0.2, 0) is 6.42 Å². The monoisotopic (exact) mass is 178 g/mol. The van der Waals surface area contributed by atoms with Gasteiger partial charge in [0.2, 0.25) is 0 Å². The second-order valence-corrected chi connectivity index (χ2v) is 3.88. The van der Waals surface area contributed by atoms with Crippen LogP contribution < -0.4 is 5.32 Å². The Bertz CT molecular complexity index is 308. The van der Waals surface area contributed by atoms with Crippen LogP contribution in [-0.4, -0.2) is 28.8 Å². The van der Waals surface area contributed by atoms with Gasteiger partial charge in [-0.15, -0.1) is 0 Å². The number of aromatic nitrogens is 1. The second-order valence-electron chi connectivity index (χ2n) is 3.88. The van der Waals surface area contributed by atoms with Gasteiger partial charge in [-0.25, -0.2) is 0 Å². The van der Waals surface area contributed by atoms with E-state index >= 15 is 0 Å². The van der Waals surface area contributed by atoms with E-state index in [1.165, 1.54) is 0 Å². The SMILES string of the molecule is Cc1cncc(CC2(O)CNC2)c1. The van der Waals surface area contributed by atoms with Crippen molar-refractivity contribution in [3.05, 3.63) is 29.6 Å². The fourth-order valence-electron chi connectivity index (χ4n) is 1.63. The van der Waals surface area contributed by atoms with Gasteiger partial charge >= 0.3 is 0 Å². The quantitative estimate of drug-likeness (QED) is 0.683. The fraction of sp³-hybridized carbons (Fsp3) is 0.500. The Morgan fingerprint density at radius 2 is 2.31 bits per heavy atom. The van der Waals surface area contributed by atoms with E-state index in [0.29, 0.717) is 19.5 Å². The van der Waals surface area contributed by atoms with E-state index in [9.17, 15) is 5.11 Å². The lowest BCUT2D eigenvalue weighted by Crippen LogP contribution is -2.60. The fourth-order valence-corrected chi connectivity index (χ4v) is 1.63. The molecule has 1 aliphatic heterocycles. The van der Waals surface area contributed by atoms with Crippen LogP contribution in [0, 0.1) is 6.92 Å². The highest BCUT2D eigenvalue weighted by Gasteiger charge is 2.34. The number of hydrogen-bond acceptors (Lipinski definition) is 3. The van der Waals surface area contributed by atoms with Crippen molar-refractivity contribution in [2.45, 2.75) is 18.9 Å². The number of pyridine rings is 1. The van der Waals surface area contributed by atoms with Gasteiger partial charge in [0.05, 0.1) is 5.60 Å². The first-order chi connectivity index (χ1) is 6.18. The van der Waals surface area contributed by atoms with Crippen LogP contribution in [0.15, 0.2) is 18.5 Å². The number of aryl methyl sites for hydroxylation is 1. The zero-order valence-corrected chi connectivity index (χ0v) is 7.75. The average Bonchev–Trinajstić information content (AvgIpc) is 2.01. The van der Waals surface area contributed by atoms with Gasteiger partial charge in [-0.05, 0) is 18.1 Å². The Morgan fingerprint density at radius 1 is 1.54 bits per heavy atom. The summed E-state index contributed by atoms with van der Waals surface area (Å²) in [4.78, 5) is 4.10.